The first-order valence-electron chi connectivity index (χ1n) is 8.43. The number of aromatic amines is 1. The van der Waals surface area contributed by atoms with Crippen molar-refractivity contribution < 1.29 is 13.9 Å². The van der Waals surface area contributed by atoms with E-state index in [1.807, 2.05) is 0 Å². The SMILES string of the molecule is COc1c(F)cccc1Nc1c(-c2ccnc(N)c2)[nH]c2c1C(=O)NCC2. The van der Waals surface area contributed by atoms with Crippen LogP contribution in [-0.2, 0) is 6.42 Å². The van der Waals surface area contributed by atoms with Gasteiger partial charge in [-0.1, -0.05) is 6.07 Å². The quantitative estimate of drug-likeness (QED) is 0.568. The number of H-pyrrole nitrogens is 1. The Morgan fingerprint density at radius 3 is 2.96 bits per heavy atom. The van der Waals surface area contributed by atoms with Crippen LogP contribution in [0, 0.1) is 5.82 Å². The lowest BCUT2D eigenvalue weighted by Crippen LogP contribution is -2.31. The molecule has 0 atom stereocenters. The minimum Gasteiger partial charge on any atom is -0.492 e. The Morgan fingerprint density at radius 1 is 1.33 bits per heavy atom. The average Bonchev–Trinajstić information content (AvgIpc) is 3.02. The Morgan fingerprint density at radius 2 is 2.19 bits per heavy atom. The van der Waals surface area contributed by atoms with Gasteiger partial charge in [0.25, 0.3) is 5.91 Å². The number of amides is 1. The number of carbonyl (C=O) groups is 1. The van der Waals surface area contributed by atoms with E-state index in [1.54, 1.807) is 30.5 Å². The minimum absolute atomic E-state index is 0.0730. The first-order valence-corrected chi connectivity index (χ1v) is 8.43. The number of hydrogen-bond acceptors (Lipinski definition) is 5. The van der Waals surface area contributed by atoms with Crippen molar-refractivity contribution in [2.45, 2.75) is 6.42 Å². The fraction of sp³-hybridized carbons (Fsp3) is 0.158. The topological polar surface area (TPSA) is 105 Å². The van der Waals surface area contributed by atoms with Crippen molar-refractivity contribution in [1.82, 2.24) is 15.3 Å². The van der Waals surface area contributed by atoms with E-state index in [2.05, 4.69) is 20.6 Å². The Hall–Kier alpha value is -3.55. The van der Waals surface area contributed by atoms with Crippen molar-refractivity contribution in [3.8, 4) is 17.0 Å². The molecule has 0 fully saturated rings. The van der Waals surface area contributed by atoms with E-state index < -0.39 is 5.82 Å². The second kappa shape index (κ2) is 6.64. The average molecular weight is 367 g/mol. The largest absolute Gasteiger partial charge is 0.492 e. The van der Waals surface area contributed by atoms with Gasteiger partial charge in [-0.3, -0.25) is 4.79 Å². The number of hydrogen-bond donors (Lipinski definition) is 4. The van der Waals surface area contributed by atoms with Crippen LogP contribution in [0.3, 0.4) is 0 Å². The number of nitrogens with two attached hydrogens (primary N) is 1. The van der Waals surface area contributed by atoms with Crippen LogP contribution in [-0.4, -0.2) is 29.5 Å². The highest BCUT2D eigenvalue weighted by Gasteiger charge is 2.27. The minimum atomic E-state index is -0.494. The molecule has 0 bridgehead atoms. The molecule has 0 spiro atoms. The molecule has 0 unspecified atom stereocenters. The summed E-state index contributed by atoms with van der Waals surface area (Å²) >= 11 is 0. The number of aromatic nitrogens is 2. The molecule has 0 radical (unpaired) electrons. The molecule has 3 heterocycles. The molecule has 7 nitrogen and oxygen atoms in total. The molecule has 1 amide bonds. The number of rotatable bonds is 4. The highest BCUT2D eigenvalue weighted by atomic mass is 19.1. The summed E-state index contributed by atoms with van der Waals surface area (Å²) in [6.07, 6.45) is 2.26. The van der Waals surface area contributed by atoms with Gasteiger partial charge in [-0.15, -0.1) is 0 Å². The van der Waals surface area contributed by atoms with Crippen LogP contribution in [0.25, 0.3) is 11.3 Å². The van der Waals surface area contributed by atoms with Crippen molar-refractivity contribution in [2.24, 2.45) is 0 Å². The molecule has 1 aliphatic rings. The van der Waals surface area contributed by atoms with Crippen LogP contribution in [0.5, 0.6) is 5.75 Å². The van der Waals surface area contributed by atoms with Gasteiger partial charge in [0, 0.05) is 30.4 Å². The molecule has 8 heteroatoms. The van der Waals surface area contributed by atoms with Crippen molar-refractivity contribution >= 4 is 23.1 Å². The molecule has 0 saturated heterocycles. The molecule has 0 saturated carbocycles. The molecule has 27 heavy (non-hydrogen) atoms. The number of nitrogens with one attached hydrogen (secondary N) is 3. The summed E-state index contributed by atoms with van der Waals surface area (Å²) in [6, 6.07) is 8.08. The third-order valence-corrected chi connectivity index (χ3v) is 4.47. The second-order valence-corrected chi connectivity index (χ2v) is 6.15. The van der Waals surface area contributed by atoms with E-state index in [9.17, 15) is 9.18 Å². The lowest BCUT2D eigenvalue weighted by atomic mass is 10.1. The number of halogens is 1. The van der Waals surface area contributed by atoms with Crippen LogP contribution in [0.15, 0.2) is 36.5 Å². The summed E-state index contributed by atoms with van der Waals surface area (Å²) in [6.45, 7) is 0.549. The third kappa shape index (κ3) is 2.95. The summed E-state index contributed by atoms with van der Waals surface area (Å²) in [7, 11) is 1.40. The Balaban J connectivity index is 1.90. The van der Waals surface area contributed by atoms with Gasteiger partial charge in [0.05, 0.1) is 29.7 Å². The van der Waals surface area contributed by atoms with E-state index >= 15 is 0 Å². The number of para-hydroxylation sites is 1. The van der Waals surface area contributed by atoms with Crippen molar-refractivity contribution in [2.75, 3.05) is 24.7 Å². The monoisotopic (exact) mass is 367 g/mol. The zero-order valence-electron chi connectivity index (χ0n) is 14.6. The second-order valence-electron chi connectivity index (χ2n) is 6.15. The molecular weight excluding hydrogens is 349 g/mol. The fourth-order valence-corrected chi connectivity index (χ4v) is 3.27. The van der Waals surface area contributed by atoms with Crippen LogP contribution in [0.2, 0.25) is 0 Å². The molecule has 2 aromatic heterocycles. The number of benzene rings is 1. The number of nitrogens with zero attached hydrogens (tertiary/aromatic N) is 1. The van der Waals surface area contributed by atoms with Gasteiger partial charge in [0.2, 0.25) is 0 Å². The van der Waals surface area contributed by atoms with Gasteiger partial charge in [0.15, 0.2) is 11.6 Å². The van der Waals surface area contributed by atoms with E-state index in [1.165, 1.54) is 13.2 Å². The third-order valence-electron chi connectivity index (χ3n) is 4.47. The molecule has 4 rings (SSSR count). The summed E-state index contributed by atoms with van der Waals surface area (Å²) in [5, 5.41) is 6.01. The van der Waals surface area contributed by atoms with Crippen LogP contribution in [0.1, 0.15) is 16.1 Å². The van der Waals surface area contributed by atoms with Crippen LogP contribution >= 0.6 is 0 Å². The van der Waals surface area contributed by atoms with Gasteiger partial charge in [-0.2, -0.15) is 0 Å². The first-order chi connectivity index (χ1) is 13.1. The Kier molecular flexibility index (Phi) is 4.15. The fourth-order valence-electron chi connectivity index (χ4n) is 3.27. The summed E-state index contributed by atoms with van der Waals surface area (Å²) in [5.74, 6) is -0.257. The number of anilines is 3. The first kappa shape index (κ1) is 16.9. The lowest BCUT2D eigenvalue weighted by molar-refractivity contribution is 0.0947. The molecule has 5 N–H and O–H groups in total. The van der Waals surface area contributed by atoms with Crippen LogP contribution < -0.4 is 21.1 Å². The predicted molar refractivity (Wildman–Crippen MR) is 101 cm³/mol. The number of pyridine rings is 1. The van der Waals surface area contributed by atoms with E-state index in [-0.39, 0.29) is 11.7 Å². The molecule has 1 aliphatic heterocycles. The number of methoxy groups -OCH3 is 1. The van der Waals surface area contributed by atoms with Gasteiger partial charge in [0.1, 0.15) is 5.82 Å². The zero-order valence-corrected chi connectivity index (χ0v) is 14.6. The smallest absolute Gasteiger partial charge is 0.255 e. The standard InChI is InChI=1S/C19H18FN5O2/c1-27-18-11(20)3-2-4-13(18)25-17-15-12(6-8-23-19(15)26)24-16(17)10-5-7-22-14(21)9-10/h2-5,7,9,24-25H,6,8H2,1H3,(H2,21,22)(H,23,26). The van der Waals surface area contributed by atoms with Crippen molar-refractivity contribution in [3.05, 3.63) is 53.6 Å². The van der Waals surface area contributed by atoms with Crippen molar-refractivity contribution in [1.29, 1.82) is 0 Å². The number of ether oxygens (including phenoxy) is 1. The highest BCUT2D eigenvalue weighted by Crippen LogP contribution is 2.39. The maximum atomic E-state index is 14.1. The van der Waals surface area contributed by atoms with Crippen molar-refractivity contribution in [3.63, 3.8) is 0 Å². The Bertz CT molecular complexity index is 1030. The van der Waals surface area contributed by atoms with Gasteiger partial charge in [-0.05, 0) is 24.3 Å². The molecule has 138 valence electrons. The number of fused-ring (bicyclic) bond motifs is 1. The van der Waals surface area contributed by atoms with Gasteiger partial charge >= 0.3 is 0 Å². The lowest BCUT2D eigenvalue weighted by Gasteiger charge is -2.16. The van der Waals surface area contributed by atoms with Gasteiger partial charge in [-0.25, -0.2) is 9.37 Å². The summed E-state index contributed by atoms with van der Waals surface area (Å²) < 4.78 is 19.3. The highest BCUT2D eigenvalue weighted by molar-refractivity contribution is 6.06. The van der Waals surface area contributed by atoms with E-state index in [0.717, 1.165) is 11.3 Å². The van der Waals surface area contributed by atoms with Gasteiger partial charge < -0.3 is 26.1 Å². The van der Waals surface area contributed by atoms with E-state index in [0.29, 0.717) is 41.4 Å². The molecule has 3 aromatic rings. The van der Waals surface area contributed by atoms with Crippen LogP contribution in [0.4, 0.5) is 21.6 Å². The maximum absolute atomic E-state index is 14.1. The Labute approximate surface area is 154 Å². The summed E-state index contributed by atoms with van der Waals surface area (Å²) in [5.41, 5.74) is 9.53. The molecular formula is C19H18FN5O2. The zero-order chi connectivity index (χ0) is 19.0. The predicted octanol–water partition coefficient (Wildman–Crippen LogP) is 2.84. The summed E-state index contributed by atoms with van der Waals surface area (Å²) in [4.78, 5) is 19.8. The number of nitrogen functional groups attached to an aromatic ring is 1. The molecule has 1 aromatic carbocycles. The number of carbonyl (C=O) groups excluding carboxylic acids is 1. The normalized spacial score (nSPS) is 13.0. The van der Waals surface area contributed by atoms with E-state index in [4.69, 9.17) is 10.5 Å². The molecule has 0 aliphatic carbocycles. The maximum Gasteiger partial charge on any atom is 0.255 e.